The molecule has 1 aliphatic heterocycles. The highest BCUT2D eigenvalue weighted by atomic mass is 32.2. The normalized spacial score (nSPS) is 20.0. The number of furan rings is 1. The van der Waals surface area contributed by atoms with Crippen LogP contribution in [0, 0.1) is 0 Å². The summed E-state index contributed by atoms with van der Waals surface area (Å²) >= 11 is 0. The van der Waals surface area contributed by atoms with Gasteiger partial charge in [-0.25, -0.2) is 8.42 Å². The molecule has 1 atom stereocenters. The van der Waals surface area contributed by atoms with Crippen molar-refractivity contribution in [3.63, 3.8) is 0 Å². The fourth-order valence-electron chi connectivity index (χ4n) is 5.11. The predicted molar refractivity (Wildman–Crippen MR) is 129 cm³/mol. The van der Waals surface area contributed by atoms with Crippen LogP contribution in [0.1, 0.15) is 53.8 Å². The molecule has 2 fully saturated rings. The summed E-state index contributed by atoms with van der Waals surface area (Å²) in [7, 11) is -1.49. The van der Waals surface area contributed by atoms with E-state index in [0.717, 1.165) is 37.0 Å². The monoisotopic (exact) mass is 487 g/mol. The van der Waals surface area contributed by atoms with Gasteiger partial charge in [0, 0.05) is 31.2 Å². The Morgan fingerprint density at radius 1 is 1.03 bits per heavy atom. The Morgan fingerprint density at radius 3 is 2.35 bits per heavy atom. The third-order valence-electron chi connectivity index (χ3n) is 6.78. The van der Waals surface area contributed by atoms with Gasteiger partial charge in [0.25, 0.3) is 5.91 Å². The zero-order valence-electron chi connectivity index (χ0n) is 19.6. The van der Waals surface area contributed by atoms with E-state index in [1.54, 1.807) is 25.4 Å². The van der Waals surface area contributed by atoms with Gasteiger partial charge in [-0.15, -0.1) is 0 Å². The molecule has 1 unspecified atom stereocenters. The number of benzene rings is 1. The molecule has 1 aromatic heterocycles. The summed E-state index contributed by atoms with van der Waals surface area (Å²) in [5.41, 5.74) is 1.55. The number of carbonyl (C=O) groups excluding carboxylic acids is 2. The summed E-state index contributed by atoms with van der Waals surface area (Å²) in [4.78, 5) is 29.4. The van der Waals surface area contributed by atoms with E-state index in [2.05, 4.69) is 5.32 Å². The molecule has 1 N–H and O–H groups in total. The van der Waals surface area contributed by atoms with Crippen LogP contribution in [0.4, 0.5) is 0 Å². The Hall–Kier alpha value is -2.65. The first-order valence-electron chi connectivity index (χ1n) is 11.9. The molecule has 184 valence electrons. The van der Waals surface area contributed by atoms with Crippen molar-refractivity contribution in [1.29, 1.82) is 0 Å². The number of rotatable bonds is 9. The first-order chi connectivity index (χ1) is 16.3. The van der Waals surface area contributed by atoms with Crippen molar-refractivity contribution in [1.82, 2.24) is 15.1 Å². The van der Waals surface area contributed by atoms with Crippen molar-refractivity contribution in [2.75, 3.05) is 25.1 Å². The van der Waals surface area contributed by atoms with E-state index in [9.17, 15) is 18.0 Å². The van der Waals surface area contributed by atoms with Crippen LogP contribution in [0.2, 0.25) is 0 Å². The number of nitrogens with one attached hydrogen (secondary N) is 1. The highest BCUT2D eigenvalue weighted by Crippen LogP contribution is 2.29. The standard InChI is InChI=1S/C25H33N3O5S/c1-26-25(30)20-10-8-19(9-11-20)15-27(16-23-7-4-13-33-23)17-24(29)28(21-5-2-3-6-21)22-12-14-34(31,32)18-22/h4,7-11,13,21-22H,2-3,5-6,12,14-18H2,1H3,(H,26,30). The zero-order valence-corrected chi connectivity index (χ0v) is 20.4. The van der Waals surface area contributed by atoms with Crippen LogP contribution in [0.5, 0.6) is 0 Å². The molecule has 8 nitrogen and oxygen atoms in total. The molecule has 0 bridgehead atoms. The van der Waals surface area contributed by atoms with E-state index >= 15 is 0 Å². The fraction of sp³-hybridized carbons (Fsp3) is 0.520. The van der Waals surface area contributed by atoms with Gasteiger partial charge in [-0.05, 0) is 49.1 Å². The van der Waals surface area contributed by atoms with Gasteiger partial charge in [-0.2, -0.15) is 0 Å². The van der Waals surface area contributed by atoms with E-state index < -0.39 is 9.84 Å². The minimum atomic E-state index is -3.09. The molecule has 1 aromatic carbocycles. The lowest BCUT2D eigenvalue weighted by Gasteiger charge is -2.35. The highest BCUT2D eigenvalue weighted by Gasteiger charge is 2.39. The average molecular weight is 488 g/mol. The van der Waals surface area contributed by atoms with E-state index in [0.29, 0.717) is 25.1 Å². The van der Waals surface area contributed by atoms with E-state index in [1.807, 2.05) is 34.1 Å². The maximum absolute atomic E-state index is 13.6. The molecule has 2 amide bonds. The third kappa shape index (κ3) is 6.07. The lowest BCUT2D eigenvalue weighted by Crippen LogP contribution is -2.50. The number of hydrogen-bond acceptors (Lipinski definition) is 6. The number of nitrogens with zero attached hydrogens (tertiary/aromatic N) is 2. The lowest BCUT2D eigenvalue weighted by molar-refractivity contribution is -0.137. The topological polar surface area (TPSA) is 99.9 Å². The van der Waals surface area contributed by atoms with Crippen molar-refractivity contribution in [2.45, 2.75) is 57.3 Å². The maximum Gasteiger partial charge on any atom is 0.251 e. The first kappa shape index (κ1) is 24.5. The smallest absolute Gasteiger partial charge is 0.251 e. The Kier molecular flexibility index (Phi) is 7.73. The predicted octanol–water partition coefficient (Wildman–Crippen LogP) is 2.60. The van der Waals surface area contributed by atoms with Crippen LogP contribution in [0.15, 0.2) is 47.1 Å². The first-order valence-corrected chi connectivity index (χ1v) is 13.7. The van der Waals surface area contributed by atoms with Gasteiger partial charge in [0.05, 0.1) is 30.9 Å². The van der Waals surface area contributed by atoms with Crippen LogP contribution in [-0.2, 0) is 27.7 Å². The second kappa shape index (κ2) is 10.7. The molecule has 2 heterocycles. The third-order valence-corrected chi connectivity index (χ3v) is 8.53. The van der Waals surface area contributed by atoms with Crippen LogP contribution < -0.4 is 5.32 Å². The summed E-state index contributed by atoms with van der Waals surface area (Å²) < 4.78 is 29.9. The second-order valence-corrected chi connectivity index (χ2v) is 11.5. The summed E-state index contributed by atoms with van der Waals surface area (Å²) in [5, 5.41) is 2.61. The molecule has 1 aliphatic carbocycles. The molecule has 2 aliphatic rings. The molecule has 0 radical (unpaired) electrons. The summed E-state index contributed by atoms with van der Waals surface area (Å²) in [6.07, 6.45) is 6.14. The van der Waals surface area contributed by atoms with E-state index in [-0.39, 0.29) is 41.9 Å². The fourth-order valence-corrected chi connectivity index (χ4v) is 6.82. The molecule has 0 spiro atoms. The minimum Gasteiger partial charge on any atom is -0.468 e. The summed E-state index contributed by atoms with van der Waals surface area (Å²) in [5.74, 6) is 0.803. The molecule has 2 aromatic rings. The molecule has 4 rings (SSSR count). The van der Waals surface area contributed by atoms with E-state index in [1.165, 1.54) is 0 Å². The van der Waals surface area contributed by atoms with Crippen LogP contribution in [0.3, 0.4) is 0 Å². The largest absolute Gasteiger partial charge is 0.468 e. The number of carbonyl (C=O) groups is 2. The highest BCUT2D eigenvalue weighted by molar-refractivity contribution is 7.91. The van der Waals surface area contributed by atoms with Gasteiger partial charge >= 0.3 is 0 Å². The molecule has 34 heavy (non-hydrogen) atoms. The lowest BCUT2D eigenvalue weighted by atomic mass is 10.1. The van der Waals surface area contributed by atoms with Crippen LogP contribution >= 0.6 is 0 Å². The average Bonchev–Trinajstić information content (AvgIpc) is 3.57. The quantitative estimate of drug-likeness (QED) is 0.584. The van der Waals surface area contributed by atoms with Gasteiger partial charge in [0.2, 0.25) is 5.91 Å². The van der Waals surface area contributed by atoms with Crippen molar-refractivity contribution >= 4 is 21.7 Å². The Bertz CT molecular complexity index is 1080. The van der Waals surface area contributed by atoms with Crippen molar-refractivity contribution < 1.29 is 22.4 Å². The summed E-state index contributed by atoms with van der Waals surface area (Å²) in [6.45, 7) is 1.13. The Balaban J connectivity index is 1.51. The van der Waals surface area contributed by atoms with Gasteiger partial charge < -0.3 is 14.6 Å². The molecule has 1 saturated carbocycles. The number of amides is 2. The van der Waals surface area contributed by atoms with Crippen molar-refractivity contribution in [3.8, 4) is 0 Å². The van der Waals surface area contributed by atoms with Crippen LogP contribution in [-0.4, -0.2) is 67.2 Å². The van der Waals surface area contributed by atoms with E-state index in [4.69, 9.17) is 4.42 Å². The van der Waals surface area contributed by atoms with Gasteiger partial charge in [-0.3, -0.25) is 14.5 Å². The summed E-state index contributed by atoms with van der Waals surface area (Å²) in [6, 6.07) is 10.9. The number of sulfone groups is 1. The SMILES string of the molecule is CNC(=O)c1ccc(CN(CC(=O)N(C2CCCC2)C2CCS(=O)(=O)C2)Cc2ccco2)cc1. The molecular formula is C25H33N3O5S. The maximum atomic E-state index is 13.6. The van der Waals surface area contributed by atoms with Gasteiger partial charge in [0.15, 0.2) is 9.84 Å². The molecule has 1 saturated heterocycles. The minimum absolute atomic E-state index is 0.0254. The Labute approximate surface area is 201 Å². The van der Waals surface area contributed by atoms with Crippen molar-refractivity contribution in [2.24, 2.45) is 0 Å². The molecule has 9 heteroatoms. The zero-order chi connectivity index (χ0) is 24.1. The van der Waals surface area contributed by atoms with Gasteiger partial charge in [0.1, 0.15) is 5.76 Å². The Morgan fingerprint density at radius 2 is 1.76 bits per heavy atom. The molecular weight excluding hydrogens is 454 g/mol. The second-order valence-electron chi connectivity index (χ2n) is 9.30. The number of hydrogen-bond donors (Lipinski definition) is 1. The van der Waals surface area contributed by atoms with Gasteiger partial charge in [-0.1, -0.05) is 25.0 Å². The van der Waals surface area contributed by atoms with Crippen molar-refractivity contribution in [3.05, 3.63) is 59.5 Å². The van der Waals surface area contributed by atoms with Crippen LogP contribution in [0.25, 0.3) is 0 Å².